The number of nitrogens with zero attached hydrogens (tertiary/aromatic N) is 4. The Bertz CT molecular complexity index is 474. The van der Waals surface area contributed by atoms with E-state index in [0.29, 0.717) is 5.82 Å². The smallest absolute Gasteiger partial charge is 0.147 e. The van der Waals surface area contributed by atoms with Crippen LogP contribution in [0.25, 0.3) is 0 Å². The number of likely N-dealkylation sites (N-methyl/N-ethyl adjacent to an activating group) is 1. The number of aromatic nitrogens is 1. The SMILES string of the molecule is CC1CCN(c2cc(N3CCN(C)CC3)cnc2N)CC1. The van der Waals surface area contributed by atoms with Crippen molar-refractivity contribution in [3.05, 3.63) is 12.3 Å². The Morgan fingerprint density at radius 3 is 2.38 bits per heavy atom. The molecule has 2 fully saturated rings. The van der Waals surface area contributed by atoms with Crippen molar-refractivity contribution in [3.8, 4) is 0 Å². The van der Waals surface area contributed by atoms with Crippen LogP contribution in [0, 0.1) is 5.92 Å². The summed E-state index contributed by atoms with van der Waals surface area (Å²) in [5.41, 5.74) is 8.46. The highest BCUT2D eigenvalue weighted by Crippen LogP contribution is 2.30. The lowest BCUT2D eigenvalue weighted by Gasteiger charge is -2.36. The molecule has 5 heteroatoms. The number of hydrogen-bond acceptors (Lipinski definition) is 5. The van der Waals surface area contributed by atoms with Gasteiger partial charge in [0.2, 0.25) is 0 Å². The molecule has 0 atom stereocenters. The Hall–Kier alpha value is -1.49. The zero-order valence-corrected chi connectivity index (χ0v) is 13.3. The fourth-order valence-electron chi connectivity index (χ4n) is 3.19. The summed E-state index contributed by atoms with van der Waals surface area (Å²) in [5, 5.41) is 0. The molecule has 5 nitrogen and oxygen atoms in total. The molecular formula is C16H27N5. The van der Waals surface area contributed by atoms with Crippen LogP contribution in [0.2, 0.25) is 0 Å². The van der Waals surface area contributed by atoms with Crippen LogP contribution in [0.3, 0.4) is 0 Å². The topological polar surface area (TPSA) is 48.6 Å². The van der Waals surface area contributed by atoms with E-state index < -0.39 is 0 Å². The van der Waals surface area contributed by atoms with E-state index in [4.69, 9.17) is 5.73 Å². The molecule has 0 bridgehead atoms. The van der Waals surface area contributed by atoms with Crippen molar-refractivity contribution in [2.45, 2.75) is 19.8 Å². The zero-order chi connectivity index (χ0) is 14.8. The highest BCUT2D eigenvalue weighted by molar-refractivity contribution is 5.69. The average molecular weight is 289 g/mol. The Labute approximate surface area is 127 Å². The van der Waals surface area contributed by atoms with Crippen LogP contribution in [0.1, 0.15) is 19.8 Å². The Balaban J connectivity index is 1.76. The largest absolute Gasteiger partial charge is 0.382 e. The quantitative estimate of drug-likeness (QED) is 0.897. The second-order valence-electron chi connectivity index (χ2n) is 6.56. The summed E-state index contributed by atoms with van der Waals surface area (Å²) >= 11 is 0. The molecule has 3 heterocycles. The summed E-state index contributed by atoms with van der Waals surface area (Å²) in [7, 11) is 2.18. The van der Waals surface area contributed by atoms with Crippen molar-refractivity contribution >= 4 is 17.2 Å². The fraction of sp³-hybridized carbons (Fsp3) is 0.688. The van der Waals surface area contributed by atoms with Crippen LogP contribution >= 0.6 is 0 Å². The number of piperidine rings is 1. The third-order valence-electron chi connectivity index (χ3n) is 4.88. The molecule has 116 valence electrons. The molecule has 0 aliphatic carbocycles. The average Bonchev–Trinajstić information content (AvgIpc) is 2.50. The van der Waals surface area contributed by atoms with E-state index in [1.807, 2.05) is 6.20 Å². The van der Waals surface area contributed by atoms with Gasteiger partial charge in [0.15, 0.2) is 0 Å². The van der Waals surface area contributed by atoms with E-state index in [0.717, 1.165) is 50.9 Å². The zero-order valence-electron chi connectivity index (χ0n) is 13.3. The molecular weight excluding hydrogens is 262 g/mol. The van der Waals surface area contributed by atoms with Crippen molar-refractivity contribution in [2.24, 2.45) is 5.92 Å². The van der Waals surface area contributed by atoms with E-state index >= 15 is 0 Å². The first-order valence-corrected chi connectivity index (χ1v) is 8.07. The molecule has 1 aromatic heterocycles. The molecule has 0 amide bonds. The first-order chi connectivity index (χ1) is 10.1. The minimum absolute atomic E-state index is 0.669. The van der Waals surface area contributed by atoms with Gasteiger partial charge in [0.1, 0.15) is 5.82 Å². The highest BCUT2D eigenvalue weighted by atomic mass is 15.3. The van der Waals surface area contributed by atoms with Gasteiger partial charge in [-0.2, -0.15) is 0 Å². The van der Waals surface area contributed by atoms with Crippen molar-refractivity contribution in [1.29, 1.82) is 0 Å². The van der Waals surface area contributed by atoms with Crippen molar-refractivity contribution in [3.63, 3.8) is 0 Å². The molecule has 3 rings (SSSR count). The number of pyridine rings is 1. The first kappa shape index (κ1) is 14.4. The summed E-state index contributed by atoms with van der Waals surface area (Å²) in [5.74, 6) is 1.50. The fourth-order valence-corrected chi connectivity index (χ4v) is 3.19. The Morgan fingerprint density at radius 1 is 1.05 bits per heavy atom. The van der Waals surface area contributed by atoms with Gasteiger partial charge in [-0.3, -0.25) is 0 Å². The molecule has 0 radical (unpaired) electrons. The maximum Gasteiger partial charge on any atom is 0.147 e. The van der Waals surface area contributed by atoms with Gasteiger partial charge in [0, 0.05) is 39.3 Å². The second kappa shape index (κ2) is 6.10. The molecule has 1 aromatic rings. The maximum atomic E-state index is 6.13. The van der Waals surface area contributed by atoms with Crippen molar-refractivity contribution in [1.82, 2.24) is 9.88 Å². The molecule has 0 aromatic carbocycles. The monoisotopic (exact) mass is 289 g/mol. The standard InChI is InChI=1S/C16H27N5/c1-13-3-5-21(6-4-13)15-11-14(12-18-16(15)17)20-9-7-19(2)8-10-20/h11-13H,3-10H2,1-2H3,(H2,17,18). The number of anilines is 3. The van der Waals surface area contributed by atoms with Gasteiger partial charge >= 0.3 is 0 Å². The predicted octanol–water partition coefficient (Wildman–Crippen LogP) is 1.65. The van der Waals surface area contributed by atoms with Crippen molar-refractivity contribution in [2.75, 3.05) is 61.8 Å². The highest BCUT2D eigenvalue weighted by Gasteiger charge is 2.20. The summed E-state index contributed by atoms with van der Waals surface area (Å²) in [6, 6.07) is 2.24. The summed E-state index contributed by atoms with van der Waals surface area (Å²) in [4.78, 5) is 11.6. The molecule has 2 aliphatic heterocycles. The van der Waals surface area contributed by atoms with Crippen LogP contribution in [-0.4, -0.2) is 56.2 Å². The normalized spacial score (nSPS) is 21.8. The van der Waals surface area contributed by atoms with E-state index in [1.165, 1.54) is 18.5 Å². The van der Waals surface area contributed by atoms with Gasteiger partial charge in [-0.25, -0.2) is 4.98 Å². The number of piperazine rings is 1. The Morgan fingerprint density at radius 2 is 1.71 bits per heavy atom. The van der Waals surface area contributed by atoms with Crippen LogP contribution in [0.4, 0.5) is 17.2 Å². The number of nitrogen functional groups attached to an aromatic ring is 1. The molecule has 2 N–H and O–H groups in total. The van der Waals surface area contributed by atoms with Gasteiger partial charge in [-0.15, -0.1) is 0 Å². The number of nitrogens with two attached hydrogens (primary N) is 1. The second-order valence-corrected chi connectivity index (χ2v) is 6.56. The number of hydrogen-bond donors (Lipinski definition) is 1. The minimum atomic E-state index is 0.669. The van der Waals surface area contributed by atoms with E-state index in [-0.39, 0.29) is 0 Å². The van der Waals surface area contributed by atoms with Crippen molar-refractivity contribution < 1.29 is 0 Å². The predicted molar refractivity (Wildman–Crippen MR) is 89.0 cm³/mol. The summed E-state index contributed by atoms with van der Waals surface area (Å²) < 4.78 is 0. The van der Waals surface area contributed by atoms with Crippen LogP contribution < -0.4 is 15.5 Å². The van der Waals surface area contributed by atoms with Gasteiger partial charge in [0.05, 0.1) is 17.6 Å². The molecule has 0 spiro atoms. The summed E-state index contributed by atoms with van der Waals surface area (Å²) in [6.07, 6.45) is 4.42. The molecule has 0 saturated carbocycles. The van der Waals surface area contributed by atoms with Crippen LogP contribution in [0.5, 0.6) is 0 Å². The van der Waals surface area contributed by atoms with E-state index in [2.05, 4.69) is 39.7 Å². The van der Waals surface area contributed by atoms with Crippen LogP contribution in [-0.2, 0) is 0 Å². The molecule has 21 heavy (non-hydrogen) atoms. The van der Waals surface area contributed by atoms with Gasteiger partial charge in [-0.1, -0.05) is 6.92 Å². The van der Waals surface area contributed by atoms with Gasteiger partial charge < -0.3 is 20.4 Å². The Kier molecular flexibility index (Phi) is 4.19. The summed E-state index contributed by atoms with van der Waals surface area (Å²) in [6.45, 7) is 8.89. The first-order valence-electron chi connectivity index (χ1n) is 8.07. The van der Waals surface area contributed by atoms with E-state index in [9.17, 15) is 0 Å². The lowest BCUT2D eigenvalue weighted by molar-refractivity contribution is 0.313. The lowest BCUT2D eigenvalue weighted by atomic mass is 9.99. The third kappa shape index (κ3) is 3.23. The molecule has 2 saturated heterocycles. The van der Waals surface area contributed by atoms with E-state index in [1.54, 1.807) is 0 Å². The minimum Gasteiger partial charge on any atom is -0.382 e. The van der Waals surface area contributed by atoms with Gasteiger partial charge in [0.25, 0.3) is 0 Å². The van der Waals surface area contributed by atoms with Gasteiger partial charge in [-0.05, 0) is 31.9 Å². The third-order valence-corrected chi connectivity index (χ3v) is 4.88. The maximum absolute atomic E-state index is 6.13. The number of rotatable bonds is 2. The molecule has 2 aliphatic rings. The van der Waals surface area contributed by atoms with Crippen LogP contribution in [0.15, 0.2) is 12.3 Å². The lowest BCUT2D eigenvalue weighted by Crippen LogP contribution is -2.44. The molecule has 0 unspecified atom stereocenters.